The number of esters is 1. The summed E-state index contributed by atoms with van der Waals surface area (Å²) in [5.41, 5.74) is 0.999. The number of carbonyl (C=O) groups excluding carboxylic acids is 1. The first-order chi connectivity index (χ1) is 22.8. The van der Waals surface area contributed by atoms with Gasteiger partial charge in [-0.3, -0.25) is 0 Å². The van der Waals surface area contributed by atoms with Gasteiger partial charge in [-0.1, -0.05) is 23.3 Å². The third-order valence-corrected chi connectivity index (χ3v) is 7.97. The quantitative estimate of drug-likeness (QED) is 0.129. The summed E-state index contributed by atoms with van der Waals surface area (Å²) < 4.78 is 91.3. The Morgan fingerprint density at radius 3 is 1.46 bits per heavy atom. The summed E-state index contributed by atoms with van der Waals surface area (Å²) in [5.74, 6) is -1.24. The Labute approximate surface area is 276 Å². The minimum Gasteiger partial charge on any atom is -0.479 e. The number of allylic oxidation sites excluding steroid dienone is 4. The fourth-order valence-electron chi connectivity index (χ4n) is 5.36. The maximum atomic E-state index is 12.6. The molecule has 0 bridgehead atoms. The van der Waals surface area contributed by atoms with Gasteiger partial charge >= 0.3 is 24.3 Å². The summed E-state index contributed by atoms with van der Waals surface area (Å²) in [5, 5.41) is 9.22. The number of benzene rings is 2. The molecule has 12 heteroatoms. The highest BCUT2D eigenvalue weighted by atomic mass is 19.4. The van der Waals surface area contributed by atoms with Crippen molar-refractivity contribution in [2.24, 2.45) is 0 Å². The molecule has 0 saturated heterocycles. The number of halogens is 6. The summed E-state index contributed by atoms with van der Waals surface area (Å²) in [4.78, 5) is 23.4. The van der Waals surface area contributed by atoms with Crippen LogP contribution < -0.4 is 9.47 Å². The van der Waals surface area contributed by atoms with Gasteiger partial charge in [0.15, 0.2) is 12.2 Å². The zero-order valence-corrected chi connectivity index (χ0v) is 26.9. The summed E-state index contributed by atoms with van der Waals surface area (Å²) in [6, 6.07) is 8.43. The van der Waals surface area contributed by atoms with Gasteiger partial charge in [-0.05, 0) is 133 Å². The van der Waals surface area contributed by atoms with E-state index in [4.69, 9.17) is 14.2 Å². The zero-order chi connectivity index (χ0) is 35.2. The number of hydrogen-bond donors (Lipinski definition) is 1. The number of aliphatic carboxylic acids is 1. The molecular weight excluding hydrogens is 642 g/mol. The lowest BCUT2D eigenvalue weighted by Crippen LogP contribution is -2.29. The van der Waals surface area contributed by atoms with E-state index in [2.05, 4.69) is 12.2 Å². The standard InChI is InChI=1S/C19H23F3O3.C17H19F3O3/c1-2-24-18(23)17(13-8-14-6-4-3-5-7-14)25-16-11-9-15(10-12-16)19(20,21)22;18-17(19,20)13-7-9-14(10-8-13)23-15(16(21)22)11-6-12-4-2-1-3-5-12/h6,9-12,17H,2-5,7-8,13H2,1H3;4,7-10,15H,1-3,5-6,11H2,(H,21,22). The van der Waals surface area contributed by atoms with Crippen molar-refractivity contribution >= 4 is 11.9 Å². The Morgan fingerprint density at radius 2 is 1.10 bits per heavy atom. The van der Waals surface area contributed by atoms with Gasteiger partial charge in [0.05, 0.1) is 17.7 Å². The summed E-state index contributed by atoms with van der Waals surface area (Å²) >= 11 is 0. The lowest BCUT2D eigenvalue weighted by Gasteiger charge is -2.20. The van der Waals surface area contributed by atoms with Crippen molar-refractivity contribution in [2.45, 2.75) is 109 Å². The molecule has 0 fully saturated rings. The van der Waals surface area contributed by atoms with Crippen LogP contribution in [0.1, 0.15) is 95.1 Å². The molecule has 2 atom stereocenters. The molecule has 264 valence electrons. The highest BCUT2D eigenvalue weighted by Gasteiger charge is 2.31. The molecule has 2 unspecified atom stereocenters. The lowest BCUT2D eigenvalue weighted by molar-refractivity contribution is -0.151. The van der Waals surface area contributed by atoms with Gasteiger partial charge in [0.25, 0.3) is 0 Å². The molecule has 0 spiro atoms. The first-order valence-corrected chi connectivity index (χ1v) is 16.2. The number of carbonyl (C=O) groups is 2. The van der Waals surface area contributed by atoms with Crippen LogP contribution in [0.2, 0.25) is 0 Å². The van der Waals surface area contributed by atoms with Gasteiger partial charge in [-0.25, -0.2) is 9.59 Å². The molecule has 0 heterocycles. The Hall–Kier alpha value is -3.96. The second-order valence-electron chi connectivity index (χ2n) is 11.6. The summed E-state index contributed by atoms with van der Waals surface area (Å²) in [6.45, 7) is 1.94. The van der Waals surface area contributed by atoms with Crippen molar-refractivity contribution < 1.29 is 55.2 Å². The molecule has 48 heavy (non-hydrogen) atoms. The minimum absolute atomic E-state index is 0.128. The van der Waals surface area contributed by atoms with Crippen molar-refractivity contribution in [3.05, 3.63) is 83.0 Å². The van der Waals surface area contributed by atoms with Crippen LogP contribution in [-0.4, -0.2) is 35.9 Å². The fraction of sp³-hybridized carbons (Fsp3) is 0.500. The molecule has 2 aliphatic rings. The Bertz CT molecular complexity index is 1360. The number of carboxylic acids is 1. The van der Waals surface area contributed by atoms with E-state index < -0.39 is 47.6 Å². The van der Waals surface area contributed by atoms with Crippen LogP contribution in [0.3, 0.4) is 0 Å². The van der Waals surface area contributed by atoms with E-state index in [1.807, 2.05) is 0 Å². The average Bonchev–Trinajstić information content (AvgIpc) is 3.06. The van der Waals surface area contributed by atoms with Gasteiger partial charge in [-0.15, -0.1) is 0 Å². The van der Waals surface area contributed by atoms with E-state index in [1.165, 1.54) is 29.7 Å². The lowest BCUT2D eigenvalue weighted by atomic mass is 9.95. The second kappa shape index (κ2) is 18.5. The normalized spacial score (nSPS) is 16.3. The van der Waals surface area contributed by atoms with E-state index in [-0.39, 0.29) is 18.1 Å². The van der Waals surface area contributed by atoms with Crippen LogP contribution in [0.4, 0.5) is 26.3 Å². The SMILES string of the molecule is CCOC(=O)C(CCC1=CCCCC1)Oc1ccc(C(F)(F)F)cc1.O=C(O)C(CCC1=CCCCC1)Oc1ccc(C(F)(F)F)cc1. The van der Waals surface area contributed by atoms with Crippen molar-refractivity contribution in [2.75, 3.05) is 6.61 Å². The molecule has 6 nitrogen and oxygen atoms in total. The van der Waals surface area contributed by atoms with Crippen LogP contribution in [0.15, 0.2) is 71.8 Å². The summed E-state index contributed by atoms with van der Waals surface area (Å²) in [6.07, 6.45) is 4.45. The van der Waals surface area contributed by atoms with E-state index in [1.54, 1.807) is 6.92 Å². The van der Waals surface area contributed by atoms with Crippen LogP contribution in [0.5, 0.6) is 11.5 Å². The van der Waals surface area contributed by atoms with Gasteiger partial charge in [-0.2, -0.15) is 26.3 Å². The van der Waals surface area contributed by atoms with Crippen molar-refractivity contribution in [3.63, 3.8) is 0 Å². The van der Waals surface area contributed by atoms with E-state index in [0.717, 1.165) is 87.8 Å². The van der Waals surface area contributed by atoms with Gasteiger partial charge in [0.2, 0.25) is 0 Å². The highest BCUT2D eigenvalue weighted by Crippen LogP contribution is 2.32. The van der Waals surface area contributed by atoms with Crippen LogP contribution >= 0.6 is 0 Å². The molecule has 0 radical (unpaired) electrons. The largest absolute Gasteiger partial charge is 0.479 e. The Morgan fingerprint density at radius 1 is 0.688 bits per heavy atom. The van der Waals surface area contributed by atoms with Gasteiger partial charge < -0.3 is 19.3 Å². The second-order valence-corrected chi connectivity index (χ2v) is 11.6. The molecule has 0 aromatic heterocycles. The monoisotopic (exact) mass is 684 g/mol. The number of ether oxygens (including phenoxy) is 3. The molecule has 2 aromatic carbocycles. The van der Waals surface area contributed by atoms with Crippen molar-refractivity contribution in [3.8, 4) is 11.5 Å². The van der Waals surface area contributed by atoms with Crippen LogP contribution in [-0.2, 0) is 26.7 Å². The van der Waals surface area contributed by atoms with E-state index >= 15 is 0 Å². The topological polar surface area (TPSA) is 82.1 Å². The smallest absolute Gasteiger partial charge is 0.416 e. The minimum atomic E-state index is -4.42. The number of carboxylic acid groups (broad SMARTS) is 1. The third kappa shape index (κ3) is 13.3. The van der Waals surface area contributed by atoms with Crippen molar-refractivity contribution in [1.29, 1.82) is 0 Å². The molecule has 0 amide bonds. The zero-order valence-electron chi connectivity index (χ0n) is 26.9. The molecule has 2 aliphatic carbocycles. The highest BCUT2D eigenvalue weighted by molar-refractivity contribution is 5.75. The van der Waals surface area contributed by atoms with Gasteiger partial charge in [0.1, 0.15) is 11.5 Å². The molecule has 1 N–H and O–H groups in total. The number of rotatable bonds is 13. The molecule has 2 aromatic rings. The Kier molecular flexibility index (Phi) is 14.9. The van der Waals surface area contributed by atoms with Crippen molar-refractivity contribution in [1.82, 2.24) is 0 Å². The molecule has 4 rings (SSSR count). The molecule has 0 saturated carbocycles. The fourth-order valence-corrected chi connectivity index (χ4v) is 5.36. The summed E-state index contributed by atoms with van der Waals surface area (Å²) in [7, 11) is 0. The van der Waals surface area contributed by atoms with E-state index in [0.29, 0.717) is 19.3 Å². The Balaban J connectivity index is 0.000000261. The maximum absolute atomic E-state index is 12.6. The third-order valence-electron chi connectivity index (χ3n) is 7.97. The number of hydrogen-bond acceptors (Lipinski definition) is 5. The van der Waals surface area contributed by atoms with Gasteiger partial charge in [0, 0.05) is 0 Å². The molecular formula is C36H42F6O6. The van der Waals surface area contributed by atoms with E-state index in [9.17, 15) is 41.0 Å². The number of alkyl halides is 6. The first kappa shape index (κ1) is 38.5. The molecule has 0 aliphatic heterocycles. The first-order valence-electron chi connectivity index (χ1n) is 16.2. The predicted octanol–water partition coefficient (Wildman–Crippen LogP) is 10.1. The van der Waals surface area contributed by atoms with Crippen LogP contribution in [0, 0.1) is 0 Å². The average molecular weight is 685 g/mol. The predicted molar refractivity (Wildman–Crippen MR) is 168 cm³/mol. The maximum Gasteiger partial charge on any atom is 0.416 e. The van der Waals surface area contributed by atoms with Crippen LogP contribution in [0.25, 0.3) is 0 Å².